The van der Waals surface area contributed by atoms with Crippen LogP contribution in [0.1, 0.15) is 0 Å². The number of hydrogen-bond donors (Lipinski definition) is 0. The van der Waals surface area contributed by atoms with Crippen molar-refractivity contribution in [2.45, 2.75) is 4.34 Å². The van der Waals surface area contributed by atoms with Gasteiger partial charge >= 0.3 is 0 Å². The summed E-state index contributed by atoms with van der Waals surface area (Å²) in [6.07, 6.45) is 2.76. The lowest BCUT2D eigenvalue weighted by atomic mass is 10.6. The number of aromatic nitrogens is 3. The maximum Gasteiger partial charge on any atom is 0.288 e. The fourth-order valence-electron chi connectivity index (χ4n) is 0.775. The Morgan fingerprint density at radius 2 is 2.23 bits per heavy atom. The first-order valence-corrected chi connectivity index (χ1v) is 6.21. The first-order valence-electron chi connectivity index (χ1n) is 3.08. The molecule has 13 heavy (non-hydrogen) atoms. The van der Waals surface area contributed by atoms with Gasteiger partial charge < -0.3 is 0 Å². The zero-order chi connectivity index (χ0) is 9.47. The molecule has 2 aromatic heterocycles. The average molecular weight is 236 g/mol. The van der Waals surface area contributed by atoms with Crippen molar-refractivity contribution in [3.05, 3.63) is 12.5 Å². The van der Waals surface area contributed by atoms with E-state index >= 15 is 0 Å². The predicted octanol–water partition coefficient (Wildman–Crippen LogP) is 1.01. The summed E-state index contributed by atoms with van der Waals surface area (Å²) in [7, 11) is 1.35. The third-order valence-corrected chi connectivity index (χ3v) is 4.17. The Morgan fingerprint density at radius 1 is 1.46 bits per heavy atom. The normalized spacial score (nSPS) is 12.1. The molecule has 8 heteroatoms. The second-order valence-corrected chi connectivity index (χ2v) is 5.85. The Kier molecular flexibility index (Phi) is 1.94. The van der Waals surface area contributed by atoms with Crippen molar-refractivity contribution in [1.29, 1.82) is 0 Å². The second-order valence-electron chi connectivity index (χ2n) is 2.13. The van der Waals surface area contributed by atoms with E-state index in [1.165, 1.54) is 12.5 Å². The van der Waals surface area contributed by atoms with Gasteiger partial charge in [-0.05, 0) is 0 Å². The molecule has 2 aromatic rings. The summed E-state index contributed by atoms with van der Waals surface area (Å²) in [4.78, 5) is 11.8. The molecule has 0 aliphatic rings. The van der Waals surface area contributed by atoms with Crippen LogP contribution in [0.5, 0.6) is 0 Å². The third kappa shape index (κ3) is 1.62. The molecule has 0 amide bonds. The number of fused-ring (bicyclic) bond motifs is 1. The molecule has 0 N–H and O–H groups in total. The molecule has 0 fully saturated rings. The Hall–Kier alpha value is -0.790. The third-order valence-electron chi connectivity index (χ3n) is 1.26. The maximum absolute atomic E-state index is 10.9. The molecule has 0 aromatic carbocycles. The summed E-state index contributed by atoms with van der Waals surface area (Å²) >= 11 is 0.922. The van der Waals surface area contributed by atoms with Gasteiger partial charge in [0, 0.05) is 10.7 Å². The molecule has 2 rings (SSSR count). The van der Waals surface area contributed by atoms with Gasteiger partial charge in [0.05, 0.1) is 6.20 Å². The van der Waals surface area contributed by atoms with Crippen LogP contribution in [0.25, 0.3) is 10.3 Å². The van der Waals surface area contributed by atoms with Crippen molar-refractivity contribution in [2.24, 2.45) is 0 Å². The Balaban J connectivity index is 2.77. The second kappa shape index (κ2) is 2.86. The summed E-state index contributed by atoms with van der Waals surface area (Å²) in [6, 6.07) is 0. The molecule has 0 atom stereocenters. The van der Waals surface area contributed by atoms with E-state index in [-0.39, 0.29) is 4.34 Å². The molecular formula is C5H2ClN3O2S2. The number of thiazole rings is 1. The van der Waals surface area contributed by atoms with Crippen molar-refractivity contribution in [3.63, 3.8) is 0 Å². The molecule has 0 spiro atoms. The monoisotopic (exact) mass is 235 g/mol. The van der Waals surface area contributed by atoms with Gasteiger partial charge in [0.25, 0.3) is 9.05 Å². The Bertz CT molecular complexity index is 517. The van der Waals surface area contributed by atoms with Gasteiger partial charge in [0.15, 0.2) is 0 Å². The average Bonchev–Trinajstić information content (AvgIpc) is 2.45. The molecule has 68 valence electrons. The van der Waals surface area contributed by atoms with E-state index in [0.29, 0.717) is 10.3 Å². The van der Waals surface area contributed by atoms with E-state index in [2.05, 4.69) is 15.0 Å². The minimum absolute atomic E-state index is 0.148. The summed E-state index contributed by atoms with van der Waals surface area (Å²) in [5, 5.41) is 0. The largest absolute Gasteiger partial charge is 0.288 e. The molecule has 2 heterocycles. The SMILES string of the molecule is O=S(=O)(Cl)c1nc2cncnc2s1. The highest BCUT2D eigenvalue weighted by atomic mass is 35.7. The fraction of sp³-hybridized carbons (Fsp3) is 0. The number of nitrogens with zero attached hydrogens (tertiary/aromatic N) is 3. The number of halogens is 1. The first kappa shape index (κ1) is 8.79. The van der Waals surface area contributed by atoms with E-state index in [1.807, 2.05) is 0 Å². The lowest BCUT2D eigenvalue weighted by Crippen LogP contribution is -1.87. The van der Waals surface area contributed by atoms with Crippen molar-refractivity contribution in [1.82, 2.24) is 15.0 Å². The Labute approximate surface area is 81.8 Å². The van der Waals surface area contributed by atoms with Gasteiger partial charge in [-0.15, -0.1) is 0 Å². The molecule has 0 saturated carbocycles. The highest BCUT2D eigenvalue weighted by Gasteiger charge is 2.16. The summed E-state index contributed by atoms with van der Waals surface area (Å²) in [5.74, 6) is 0. The summed E-state index contributed by atoms with van der Waals surface area (Å²) in [6.45, 7) is 0. The van der Waals surface area contributed by atoms with Crippen molar-refractivity contribution < 1.29 is 8.42 Å². The van der Waals surface area contributed by atoms with Crippen molar-refractivity contribution in [2.75, 3.05) is 0 Å². The van der Waals surface area contributed by atoms with Crippen molar-refractivity contribution in [3.8, 4) is 0 Å². The summed E-state index contributed by atoms with van der Waals surface area (Å²) in [5.41, 5.74) is 0.437. The van der Waals surface area contributed by atoms with Crippen LogP contribution in [0, 0.1) is 0 Å². The molecule has 0 aliphatic heterocycles. The number of rotatable bonds is 1. The molecule has 0 unspecified atom stereocenters. The van der Waals surface area contributed by atoms with E-state index in [1.54, 1.807) is 0 Å². The van der Waals surface area contributed by atoms with Crippen LogP contribution >= 0.6 is 22.0 Å². The summed E-state index contributed by atoms with van der Waals surface area (Å²) < 4.78 is 21.6. The van der Waals surface area contributed by atoms with Crippen LogP contribution in [0.2, 0.25) is 0 Å². The minimum Gasteiger partial charge on any atom is -0.242 e. The minimum atomic E-state index is -3.75. The lowest BCUT2D eigenvalue weighted by molar-refractivity contribution is 0.609. The molecule has 0 radical (unpaired) electrons. The van der Waals surface area contributed by atoms with E-state index in [4.69, 9.17) is 10.7 Å². The maximum atomic E-state index is 10.9. The van der Waals surface area contributed by atoms with Crippen LogP contribution in [-0.2, 0) is 9.05 Å². The number of hydrogen-bond acceptors (Lipinski definition) is 6. The van der Waals surface area contributed by atoms with E-state index in [9.17, 15) is 8.42 Å². The lowest BCUT2D eigenvalue weighted by Gasteiger charge is -1.81. The van der Waals surface area contributed by atoms with Crippen LogP contribution in [0.15, 0.2) is 16.9 Å². The Morgan fingerprint density at radius 3 is 2.85 bits per heavy atom. The first-order chi connectivity index (χ1) is 6.07. The van der Waals surface area contributed by atoms with Crippen LogP contribution in [0.4, 0.5) is 0 Å². The van der Waals surface area contributed by atoms with Crippen LogP contribution in [0.3, 0.4) is 0 Å². The predicted molar refractivity (Wildman–Crippen MR) is 48.2 cm³/mol. The standard InChI is InChI=1S/C5H2ClN3O2S2/c6-13(10,11)5-9-3-1-7-2-8-4(3)12-5/h1-2H. The topological polar surface area (TPSA) is 72.8 Å². The van der Waals surface area contributed by atoms with Crippen LogP contribution in [-0.4, -0.2) is 23.4 Å². The zero-order valence-corrected chi connectivity index (χ0v) is 8.40. The molecule has 5 nitrogen and oxygen atoms in total. The van der Waals surface area contributed by atoms with Gasteiger partial charge in [0.2, 0.25) is 4.34 Å². The quantitative estimate of drug-likeness (QED) is 0.690. The van der Waals surface area contributed by atoms with E-state index < -0.39 is 9.05 Å². The van der Waals surface area contributed by atoms with Crippen molar-refractivity contribution >= 4 is 41.4 Å². The zero-order valence-electron chi connectivity index (χ0n) is 6.01. The highest BCUT2D eigenvalue weighted by Crippen LogP contribution is 2.24. The molecule has 0 saturated heterocycles. The van der Waals surface area contributed by atoms with Gasteiger partial charge in [-0.1, -0.05) is 11.3 Å². The fourth-order valence-corrected chi connectivity index (χ4v) is 2.62. The molecule has 0 bridgehead atoms. The van der Waals surface area contributed by atoms with Gasteiger partial charge in [-0.2, -0.15) is 0 Å². The molecule has 0 aliphatic carbocycles. The highest BCUT2D eigenvalue weighted by molar-refractivity contribution is 8.15. The van der Waals surface area contributed by atoms with Gasteiger partial charge in [-0.3, -0.25) is 0 Å². The van der Waals surface area contributed by atoms with Gasteiger partial charge in [-0.25, -0.2) is 23.4 Å². The van der Waals surface area contributed by atoms with Gasteiger partial charge in [0.1, 0.15) is 16.7 Å². The van der Waals surface area contributed by atoms with Crippen LogP contribution < -0.4 is 0 Å². The van der Waals surface area contributed by atoms with E-state index in [0.717, 1.165) is 11.3 Å². The smallest absolute Gasteiger partial charge is 0.242 e. The molecular weight excluding hydrogens is 234 g/mol.